The lowest BCUT2D eigenvalue weighted by Crippen LogP contribution is -1.76. The molecule has 0 aliphatic carbocycles. The smallest absolute Gasteiger partial charge is 0.0372 e. The third-order valence-electron chi connectivity index (χ3n) is 0.921. The van der Waals surface area contributed by atoms with Crippen LogP contribution in [0.2, 0.25) is 0 Å². The first-order valence-electron chi connectivity index (χ1n) is 2.64. The van der Waals surface area contributed by atoms with E-state index in [9.17, 15) is 0 Å². The summed E-state index contributed by atoms with van der Waals surface area (Å²) in [7, 11) is 0. The molecule has 0 bridgehead atoms. The van der Waals surface area contributed by atoms with Gasteiger partial charge in [0.2, 0.25) is 0 Å². The van der Waals surface area contributed by atoms with Crippen molar-refractivity contribution in [2.24, 2.45) is 4.99 Å². The lowest BCUT2D eigenvalue weighted by atomic mass is 10.3. The number of halogens is 1. The van der Waals surface area contributed by atoms with Gasteiger partial charge in [0.1, 0.15) is 0 Å². The molecule has 0 aromatic heterocycles. The van der Waals surface area contributed by atoms with Crippen LogP contribution >= 0.6 is 15.9 Å². The van der Waals surface area contributed by atoms with E-state index in [2.05, 4.69) is 26.8 Å². The Balaban J connectivity index is 2.84. The number of hydrogen-bond donors (Lipinski definition) is 0. The second-order valence-electron chi connectivity index (χ2n) is 1.60. The van der Waals surface area contributed by atoms with E-state index >= 15 is 0 Å². The average Bonchev–Trinajstić information content (AvgIpc) is 2.13. The van der Waals surface area contributed by atoms with E-state index in [1.807, 2.05) is 18.2 Å². The maximum Gasteiger partial charge on any atom is 0.0372 e. The van der Waals surface area contributed by atoms with Crippen molar-refractivity contribution in [2.45, 2.75) is 0 Å². The minimum absolute atomic E-state index is 0.814. The summed E-state index contributed by atoms with van der Waals surface area (Å²) in [6.07, 6.45) is 7.51. The second kappa shape index (κ2) is 3.44. The fraction of sp³-hybridized carbons (Fsp3) is 0.143. The van der Waals surface area contributed by atoms with Crippen LogP contribution in [0, 0.1) is 0 Å². The fourth-order valence-corrected chi connectivity index (χ4v) is 0.809. The molecule has 0 aromatic carbocycles. The topological polar surface area (TPSA) is 12.4 Å². The molecule has 0 saturated heterocycles. The predicted molar refractivity (Wildman–Crippen MR) is 43.0 cm³/mol. The zero-order valence-corrected chi connectivity index (χ0v) is 6.43. The zero-order chi connectivity index (χ0) is 6.53. The van der Waals surface area contributed by atoms with Crippen molar-refractivity contribution in [3.63, 3.8) is 0 Å². The SMILES string of the molecule is BrCC1=C=NC=CC=C1. The minimum Gasteiger partial charge on any atom is -0.214 e. The molecule has 0 atom stereocenters. The Kier molecular flexibility index (Phi) is 2.49. The number of allylic oxidation sites excluding steroid dienone is 4. The van der Waals surface area contributed by atoms with E-state index in [0.717, 1.165) is 10.9 Å². The van der Waals surface area contributed by atoms with Gasteiger partial charge in [0.05, 0.1) is 0 Å². The van der Waals surface area contributed by atoms with Crippen LogP contribution in [0.5, 0.6) is 0 Å². The zero-order valence-electron chi connectivity index (χ0n) is 4.84. The van der Waals surface area contributed by atoms with Gasteiger partial charge >= 0.3 is 0 Å². The highest BCUT2D eigenvalue weighted by Gasteiger charge is 1.85. The van der Waals surface area contributed by atoms with Gasteiger partial charge in [-0.25, -0.2) is 4.99 Å². The molecule has 0 saturated carbocycles. The van der Waals surface area contributed by atoms with E-state index in [1.165, 1.54) is 0 Å². The molecule has 0 N–H and O–H groups in total. The van der Waals surface area contributed by atoms with Crippen molar-refractivity contribution in [1.29, 1.82) is 0 Å². The maximum absolute atomic E-state index is 3.86. The van der Waals surface area contributed by atoms with Crippen molar-refractivity contribution in [3.8, 4) is 0 Å². The normalized spacial score (nSPS) is 15.4. The van der Waals surface area contributed by atoms with E-state index in [-0.39, 0.29) is 0 Å². The van der Waals surface area contributed by atoms with Crippen molar-refractivity contribution in [2.75, 3.05) is 5.33 Å². The molecular weight excluding hydrogens is 178 g/mol. The van der Waals surface area contributed by atoms with Crippen LogP contribution in [0.15, 0.2) is 35.0 Å². The summed E-state index contributed by atoms with van der Waals surface area (Å²) >= 11 is 3.31. The summed E-state index contributed by atoms with van der Waals surface area (Å²) in [5.74, 6) is 2.85. The van der Waals surface area contributed by atoms with Gasteiger partial charge in [0.15, 0.2) is 0 Å². The molecular formula is C7H6BrN. The summed E-state index contributed by atoms with van der Waals surface area (Å²) < 4.78 is 0. The molecule has 9 heavy (non-hydrogen) atoms. The van der Waals surface area contributed by atoms with Crippen molar-refractivity contribution >= 4 is 21.8 Å². The maximum atomic E-state index is 3.86. The van der Waals surface area contributed by atoms with E-state index < -0.39 is 0 Å². The number of aliphatic imine (C=N–C) groups is 1. The molecule has 2 heteroatoms. The monoisotopic (exact) mass is 183 g/mol. The molecule has 0 aromatic rings. The number of hydrogen-bond acceptors (Lipinski definition) is 1. The molecule has 0 unspecified atom stereocenters. The van der Waals surface area contributed by atoms with Crippen LogP contribution in [0.3, 0.4) is 0 Å². The van der Waals surface area contributed by atoms with Crippen molar-refractivity contribution in [1.82, 2.24) is 0 Å². The Labute approximate surface area is 62.6 Å². The van der Waals surface area contributed by atoms with Gasteiger partial charge in [0.25, 0.3) is 0 Å². The number of rotatable bonds is 1. The van der Waals surface area contributed by atoms with Crippen LogP contribution in [0.1, 0.15) is 0 Å². The molecule has 1 nitrogen and oxygen atoms in total. The highest BCUT2D eigenvalue weighted by molar-refractivity contribution is 9.09. The first kappa shape index (κ1) is 6.53. The Morgan fingerprint density at radius 2 is 2.44 bits per heavy atom. The van der Waals surface area contributed by atoms with Gasteiger partial charge in [-0.2, -0.15) is 0 Å². The minimum atomic E-state index is 0.814. The van der Waals surface area contributed by atoms with Gasteiger partial charge in [-0.1, -0.05) is 22.0 Å². The van der Waals surface area contributed by atoms with E-state index in [4.69, 9.17) is 0 Å². The molecule has 1 aliphatic rings. The Morgan fingerprint density at radius 1 is 1.56 bits per heavy atom. The number of alkyl halides is 1. The molecule has 1 rings (SSSR count). The van der Waals surface area contributed by atoms with Gasteiger partial charge < -0.3 is 0 Å². The Morgan fingerprint density at radius 3 is 3.22 bits per heavy atom. The quantitative estimate of drug-likeness (QED) is 0.553. The van der Waals surface area contributed by atoms with Crippen molar-refractivity contribution < 1.29 is 0 Å². The predicted octanol–water partition coefficient (Wildman–Crippen LogP) is 2.06. The molecule has 0 fully saturated rings. The van der Waals surface area contributed by atoms with Gasteiger partial charge in [-0.05, 0) is 18.0 Å². The Bertz CT molecular complexity index is 207. The first-order valence-corrected chi connectivity index (χ1v) is 3.76. The highest BCUT2D eigenvalue weighted by atomic mass is 79.9. The Hall–Kier alpha value is -0.590. The standard InChI is InChI=1S/C7H6BrN/c8-5-7-3-1-2-4-9-6-7/h1-4H,5H2. The largest absolute Gasteiger partial charge is 0.214 e. The highest BCUT2D eigenvalue weighted by Crippen LogP contribution is 1.99. The lowest BCUT2D eigenvalue weighted by Gasteiger charge is -1.82. The average molecular weight is 184 g/mol. The fourth-order valence-electron chi connectivity index (χ4n) is 0.496. The molecule has 46 valence electrons. The van der Waals surface area contributed by atoms with Crippen LogP contribution in [-0.2, 0) is 0 Å². The molecule has 0 radical (unpaired) electrons. The lowest BCUT2D eigenvalue weighted by molar-refractivity contribution is 1.60. The summed E-state index contributed by atoms with van der Waals surface area (Å²) in [6, 6.07) is 0. The molecule has 0 spiro atoms. The van der Waals surface area contributed by atoms with Crippen molar-refractivity contribution in [3.05, 3.63) is 30.0 Å². The van der Waals surface area contributed by atoms with Gasteiger partial charge in [0, 0.05) is 17.1 Å². The van der Waals surface area contributed by atoms with Crippen LogP contribution in [-0.4, -0.2) is 11.2 Å². The van der Waals surface area contributed by atoms with Gasteiger partial charge in [-0.15, -0.1) is 0 Å². The van der Waals surface area contributed by atoms with E-state index in [1.54, 1.807) is 6.20 Å². The summed E-state index contributed by atoms with van der Waals surface area (Å²) in [5, 5.41) is 0.814. The van der Waals surface area contributed by atoms with Gasteiger partial charge in [-0.3, -0.25) is 0 Å². The van der Waals surface area contributed by atoms with Crippen LogP contribution in [0.4, 0.5) is 0 Å². The van der Waals surface area contributed by atoms with Crippen LogP contribution < -0.4 is 0 Å². The molecule has 0 amide bonds. The van der Waals surface area contributed by atoms with E-state index in [0.29, 0.717) is 0 Å². The summed E-state index contributed by atoms with van der Waals surface area (Å²) in [6.45, 7) is 0. The van der Waals surface area contributed by atoms with Crippen LogP contribution in [0.25, 0.3) is 0 Å². The number of nitrogens with zero attached hydrogens (tertiary/aromatic N) is 1. The third kappa shape index (κ3) is 2.00. The third-order valence-corrected chi connectivity index (χ3v) is 1.53. The summed E-state index contributed by atoms with van der Waals surface area (Å²) in [4.78, 5) is 3.86. The second-order valence-corrected chi connectivity index (χ2v) is 2.16. The first-order chi connectivity index (χ1) is 4.43. The molecule has 1 aliphatic heterocycles. The molecule has 1 heterocycles. The summed E-state index contributed by atoms with van der Waals surface area (Å²) in [5.41, 5.74) is 1.07.